The summed E-state index contributed by atoms with van der Waals surface area (Å²) >= 11 is 0. The normalized spacial score (nSPS) is 15.0. The van der Waals surface area contributed by atoms with Crippen molar-refractivity contribution in [3.63, 3.8) is 0 Å². The van der Waals surface area contributed by atoms with Crippen molar-refractivity contribution in [1.82, 2.24) is 16.0 Å². The Labute approximate surface area is 224 Å². The van der Waals surface area contributed by atoms with Crippen molar-refractivity contribution in [1.29, 1.82) is 0 Å². The molecule has 6 N–H and O–H groups in total. The molecule has 0 bridgehead atoms. The van der Waals surface area contributed by atoms with Crippen molar-refractivity contribution in [3.8, 4) is 0 Å². The molecule has 0 aliphatic rings. The molecule has 0 heterocycles. The summed E-state index contributed by atoms with van der Waals surface area (Å²) in [5, 5.41) is 17.7. The van der Waals surface area contributed by atoms with Gasteiger partial charge in [0, 0.05) is 6.42 Å². The maximum absolute atomic E-state index is 13.4. The van der Waals surface area contributed by atoms with Gasteiger partial charge in [0.2, 0.25) is 17.7 Å². The average molecular weight is 525 g/mol. The van der Waals surface area contributed by atoms with Crippen LogP contribution >= 0.6 is 0 Å². The van der Waals surface area contributed by atoms with Crippen LogP contribution in [0.1, 0.15) is 45.2 Å². The molecule has 0 spiro atoms. The standard InChI is InChI=1S/C29H40N4O5/c1-5-19(4)25(29(37)38)33-27(35)23(17-21-14-10-7-11-15-21)31-28(36)24(18(2)3)32-26(34)22(30)16-20-12-8-6-9-13-20/h6-15,18-19,22-25H,5,16-17,30H2,1-4H3,(H,31,36)(H,32,34)(H,33,35)(H,37,38). The Kier molecular flexibility index (Phi) is 11.9. The van der Waals surface area contributed by atoms with Gasteiger partial charge >= 0.3 is 5.97 Å². The summed E-state index contributed by atoms with van der Waals surface area (Å²) in [7, 11) is 0. The summed E-state index contributed by atoms with van der Waals surface area (Å²) in [6, 6.07) is 14.5. The number of nitrogens with one attached hydrogen (secondary N) is 3. The van der Waals surface area contributed by atoms with Gasteiger partial charge in [0.25, 0.3) is 0 Å². The molecule has 2 aromatic rings. The highest BCUT2D eigenvalue weighted by atomic mass is 16.4. The third-order valence-corrected chi connectivity index (χ3v) is 6.57. The van der Waals surface area contributed by atoms with Crippen LogP contribution in [0.5, 0.6) is 0 Å². The average Bonchev–Trinajstić information content (AvgIpc) is 2.89. The second-order valence-electron chi connectivity index (χ2n) is 9.99. The predicted octanol–water partition coefficient (Wildman–Crippen LogP) is 2.04. The number of carbonyl (C=O) groups is 4. The number of nitrogens with two attached hydrogens (primary N) is 1. The van der Waals surface area contributed by atoms with Crippen LogP contribution in [-0.4, -0.2) is 53.0 Å². The minimum absolute atomic E-state index is 0.150. The summed E-state index contributed by atoms with van der Waals surface area (Å²) in [6.07, 6.45) is 1.01. The smallest absolute Gasteiger partial charge is 0.326 e. The van der Waals surface area contributed by atoms with E-state index >= 15 is 0 Å². The Balaban J connectivity index is 2.19. The molecule has 5 unspecified atom stereocenters. The number of benzene rings is 2. The van der Waals surface area contributed by atoms with E-state index in [0.29, 0.717) is 12.8 Å². The maximum Gasteiger partial charge on any atom is 0.326 e. The van der Waals surface area contributed by atoms with Gasteiger partial charge in [0.1, 0.15) is 18.1 Å². The highest BCUT2D eigenvalue weighted by Gasteiger charge is 2.33. The fourth-order valence-electron chi connectivity index (χ4n) is 4.01. The Bertz CT molecular complexity index is 1060. The van der Waals surface area contributed by atoms with Crippen LogP contribution in [0, 0.1) is 11.8 Å². The molecule has 9 heteroatoms. The summed E-state index contributed by atoms with van der Waals surface area (Å²) < 4.78 is 0. The zero-order valence-corrected chi connectivity index (χ0v) is 22.5. The molecule has 2 aromatic carbocycles. The molecule has 2 rings (SSSR count). The van der Waals surface area contributed by atoms with Gasteiger partial charge in [-0.25, -0.2) is 4.79 Å². The molecule has 206 valence electrons. The van der Waals surface area contributed by atoms with Crippen LogP contribution < -0.4 is 21.7 Å². The number of hydrogen-bond donors (Lipinski definition) is 5. The second-order valence-corrected chi connectivity index (χ2v) is 9.99. The van der Waals surface area contributed by atoms with E-state index in [1.807, 2.05) is 67.6 Å². The second kappa shape index (κ2) is 14.9. The topological polar surface area (TPSA) is 151 Å². The molecular weight excluding hydrogens is 484 g/mol. The molecule has 5 atom stereocenters. The van der Waals surface area contributed by atoms with Crippen LogP contribution in [0.15, 0.2) is 60.7 Å². The molecule has 0 aromatic heterocycles. The van der Waals surface area contributed by atoms with E-state index in [0.717, 1.165) is 11.1 Å². The number of carboxylic acids is 1. The Morgan fingerprint density at radius 1 is 0.737 bits per heavy atom. The molecule has 9 nitrogen and oxygen atoms in total. The van der Waals surface area contributed by atoms with E-state index in [1.165, 1.54) is 0 Å². The molecule has 0 fully saturated rings. The summed E-state index contributed by atoms with van der Waals surface area (Å²) in [4.78, 5) is 51.2. The van der Waals surface area contributed by atoms with Crippen LogP contribution in [-0.2, 0) is 32.0 Å². The maximum atomic E-state index is 13.4. The van der Waals surface area contributed by atoms with Crippen molar-refractivity contribution in [2.24, 2.45) is 17.6 Å². The van der Waals surface area contributed by atoms with Gasteiger partial charge in [-0.3, -0.25) is 14.4 Å². The Hall–Kier alpha value is -3.72. The van der Waals surface area contributed by atoms with Crippen molar-refractivity contribution < 1.29 is 24.3 Å². The van der Waals surface area contributed by atoms with E-state index in [1.54, 1.807) is 20.8 Å². The molecule has 3 amide bonds. The van der Waals surface area contributed by atoms with Crippen molar-refractivity contribution in [2.45, 2.75) is 71.1 Å². The van der Waals surface area contributed by atoms with Crippen LogP contribution in [0.2, 0.25) is 0 Å². The number of aliphatic carboxylic acids is 1. The SMILES string of the molecule is CCC(C)C(NC(=O)C(Cc1ccccc1)NC(=O)C(NC(=O)C(N)Cc1ccccc1)C(C)C)C(=O)O. The number of carboxylic acid groups (broad SMARTS) is 1. The number of amides is 3. The van der Waals surface area contributed by atoms with Gasteiger partial charge in [-0.15, -0.1) is 0 Å². The largest absolute Gasteiger partial charge is 0.480 e. The molecule has 0 aliphatic heterocycles. The zero-order chi connectivity index (χ0) is 28.2. The van der Waals surface area contributed by atoms with Gasteiger partial charge in [-0.05, 0) is 29.4 Å². The van der Waals surface area contributed by atoms with Crippen LogP contribution in [0.4, 0.5) is 0 Å². The lowest BCUT2D eigenvalue weighted by Gasteiger charge is -2.28. The summed E-state index contributed by atoms with van der Waals surface area (Å²) in [6.45, 7) is 7.15. The third kappa shape index (κ3) is 9.30. The lowest BCUT2D eigenvalue weighted by Crippen LogP contribution is -2.59. The lowest BCUT2D eigenvalue weighted by atomic mass is 9.97. The first-order valence-corrected chi connectivity index (χ1v) is 13.0. The zero-order valence-electron chi connectivity index (χ0n) is 22.5. The summed E-state index contributed by atoms with van der Waals surface area (Å²) in [5.41, 5.74) is 7.80. The van der Waals surface area contributed by atoms with E-state index in [2.05, 4.69) is 16.0 Å². The minimum atomic E-state index is -1.14. The van der Waals surface area contributed by atoms with Crippen molar-refractivity contribution in [2.75, 3.05) is 0 Å². The van der Waals surface area contributed by atoms with E-state index in [4.69, 9.17) is 5.73 Å². The molecule has 0 aliphatic carbocycles. The van der Waals surface area contributed by atoms with Gasteiger partial charge < -0.3 is 26.8 Å². The predicted molar refractivity (Wildman–Crippen MR) is 146 cm³/mol. The van der Waals surface area contributed by atoms with E-state index in [9.17, 15) is 24.3 Å². The van der Waals surface area contributed by atoms with E-state index < -0.39 is 47.9 Å². The fourth-order valence-corrected chi connectivity index (χ4v) is 4.01. The third-order valence-electron chi connectivity index (χ3n) is 6.57. The Morgan fingerprint density at radius 3 is 1.71 bits per heavy atom. The highest BCUT2D eigenvalue weighted by Crippen LogP contribution is 2.11. The monoisotopic (exact) mass is 524 g/mol. The van der Waals surface area contributed by atoms with Crippen molar-refractivity contribution >= 4 is 23.7 Å². The molecule has 0 saturated carbocycles. The number of hydrogen-bond acceptors (Lipinski definition) is 5. The van der Waals surface area contributed by atoms with Gasteiger partial charge in [0.15, 0.2) is 0 Å². The van der Waals surface area contributed by atoms with Gasteiger partial charge in [0.05, 0.1) is 6.04 Å². The minimum Gasteiger partial charge on any atom is -0.480 e. The Morgan fingerprint density at radius 2 is 1.24 bits per heavy atom. The molecule has 0 saturated heterocycles. The summed E-state index contributed by atoms with van der Waals surface area (Å²) in [5.74, 6) is -3.38. The molecule has 38 heavy (non-hydrogen) atoms. The quantitative estimate of drug-likeness (QED) is 0.255. The first-order chi connectivity index (χ1) is 18.0. The highest BCUT2D eigenvalue weighted by molar-refractivity contribution is 5.94. The van der Waals surface area contributed by atoms with Crippen molar-refractivity contribution in [3.05, 3.63) is 71.8 Å². The first-order valence-electron chi connectivity index (χ1n) is 13.0. The lowest BCUT2D eigenvalue weighted by molar-refractivity contribution is -0.143. The molecule has 0 radical (unpaired) electrons. The van der Waals surface area contributed by atoms with Gasteiger partial charge in [-0.2, -0.15) is 0 Å². The first kappa shape index (κ1) is 30.5. The van der Waals surface area contributed by atoms with Crippen LogP contribution in [0.3, 0.4) is 0 Å². The molecular formula is C29H40N4O5. The number of rotatable bonds is 14. The van der Waals surface area contributed by atoms with Gasteiger partial charge in [-0.1, -0.05) is 94.8 Å². The van der Waals surface area contributed by atoms with E-state index in [-0.39, 0.29) is 18.3 Å². The number of carbonyl (C=O) groups excluding carboxylic acids is 3. The van der Waals surface area contributed by atoms with Crippen LogP contribution in [0.25, 0.3) is 0 Å². The fraction of sp³-hybridized carbons (Fsp3) is 0.448.